The molecule has 0 aromatic heterocycles. The molecule has 1 aromatic carbocycles. The molecular weight excluding hydrogens is 272 g/mol. The Bertz CT molecular complexity index is 499. The minimum Gasteiger partial charge on any atom is -0.370 e. The second kappa shape index (κ2) is 5.80. The summed E-state index contributed by atoms with van der Waals surface area (Å²) in [6, 6.07) is 7.45. The molecular formula is C12H17ClN2O2S. The van der Waals surface area contributed by atoms with Crippen molar-refractivity contribution in [1.82, 2.24) is 0 Å². The van der Waals surface area contributed by atoms with E-state index < -0.39 is 15.2 Å². The Hall–Kier alpha value is -0.940. The highest BCUT2D eigenvalue weighted by molar-refractivity contribution is 7.93. The average molecular weight is 289 g/mol. The fraction of sp³-hybridized carbons (Fsp3) is 0.500. The van der Waals surface area contributed by atoms with E-state index in [1.807, 2.05) is 18.2 Å². The molecule has 1 aromatic rings. The highest BCUT2D eigenvalue weighted by Crippen LogP contribution is 2.28. The number of para-hydroxylation sites is 2. The topological polar surface area (TPSA) is 49.4 Å². The van der Waals surface area contributed by atoms with Gasteiger partial charge in [-0.3, -0.25) is 4.72 Å². The van der Waals surface area contributed by atoms with Gasteiger partial charge in [-0.1, -0.05) is 12.1 Å². The standard InChI is InChI=1S/C12H17ClN2O2S/c13-10-18(16,17)14-11-6-2-3-7-12(11)15-8-4-1-5-9-15/h2-3,6-7,14H,1,4-5,8-10H2. The van der Waals surface area contributed by atoms with Gasteiger partial charge in [0.2, 0.25) is 10.0 Å². The van der Waals surface area contributed by atoms with Crippen molar-refractivity contribution in [2.75, 3.05) is 27.9 Å². The minimum atomic E-state index is -3.44. The number of hydrogen-bond donors (Lipinski definition) is 1. The number of benzene rings is 1. The zero-order chi connectivity index (χ0) is 13.0. The maximum Gasteiger partial charge on any atom is 0.246 e. The van der Waals surface area contributed by atoms with Crippen molar-refractivity contribution in [1.29, 1.82) is 0 Å². The first-order valence-corrected chi connectivity index (χ1v) is 8.21. The van der Waals surface area contributed by atoms with Crippen LogP contribution < -0.4 is 9.62 Å². The zero-order valence-electron chi connectivity index (χ0n) is 10.1. The van der Waals surface area contributed by atoms with Gasteiger partial charge in [0.25, 0.3) is 0 Å². The van der Waals surface area contributed by atoms with Gasteiger partial charge in [-0.15, -0.1) is 11.6 Å². The molecule has 0 unspecified atom stereocenters. The number of hydrogen-bond acceptors (Lipinski definition) is 3. The second-order valence-electron chi connectivity index (χ2n) is 4.39. The molecule has 1 heterocycles. The number of nitrogens with one attached hydrogen (secondary N) is 1. The van der Waals surface area contributed by atoms with Crippen molar-refractivity contribution < 1.29 is 8.42 Å². The van der Waals surface area contributed by atoms with E-state index >= 15 is 0 Å². The third-order valence-corrected chi connectivity index (χ3v) is 4.69. The third-order valence-electron chi connectivity index (χ3n) is 3.01. The van der Waals surface area contributed by atoms with E-state index in [-0.39, 0.29) is 0 Å². The van der Waals surface area contributed by atoms with Crippen LogP contribution in [0.1, 0.15) is 19.3 Å². The lowest BCUT2D eigenvalue weighted by atomic mass is 10.1. The van der Waals surface area contributed by atoms with Crippen molar-refractivity contribution in [3.63, 3.8) is 0 Å². The quantitative estimate of drug-likeness (QED) is 0.867. The number of halogens is 1. The van der Waals surface area contributed by atoms with Gasteiger partial charge in [-0.2, -0.15) is 0 Å². The molecule has 4 nitrogen and oxygen atoms in total. The fourth-order valence-electron chi connectivity index (χ4n) is 2.17. The van der Waals surface area contributed by atoms with Gasteiger partial charge in [0.1, 0.15) is 5.21 Å². The number of rotatable bonds is 4. The molecule has 1 aliphatic heterocycles. The number of anilines is 2. The van der Waals surface area contributed by atoms with Crippen LogP contribution in [0.2, 0.25) is 0 Å². The number of nitrogens with zero attached hydrogens (tertiary/aromatic N) is 1. The van der Waals surface area contributed by atoms with Gasteiger partial charge in [0.05, 0.1) is 11.4 Å². The van der Waals surface area contributed by atoms with Crippen molar-refractivity contribution in [3.8, 4) is 0 Å². The van der Waals surface area contributed by atoms with Crippen molar-refractivity contribution in [2.24, 2.45) is 0 Å². The minimum absolute atomic E-state index is 0.429. The van der Waals surface area contributed by atoms with Crippen LogP contribution in [-0.4, -0.2) is 26.7 Å². The van der Waals surface area contributed by atoms with Crippen molar-refractivity contribution in [3.05, 3.63) is 24.3 Å². The SMILES string of the molecule is O=S(=O)(CCl)Nc1ccccc1N1CCCCC1. The smallest absolute Gasteiger partial charge is 0.246 e. The van der Waals surface area contributed by atoms with Crippen molar-refractivity contribution in [2.45, 2.75) is 19.3 Å². The Kier molecular flexibility index (Phi) is 4.35. The lowest BCUT2D eigenvalue weighted by Gasteiger charge is -2.30. The monoisotopic (exact) mass is 288 g/mol. The van der Waals surface area contributed by atoms with Crippen LogP contribution in [0.25, 0.3) is 0 Å². The summed E-state index contributed by atoms with van der Waals surface area (Å²) in [6.07, 6.45) is 3.54. The molecule has 18 heavy (non-hydrogen) atoms. The van der Waals surface area contributed by atoms with E-state index in [9.17, 15) is 8.42 Å². The summed E-state index contributed by atoms with van der Waals surface area (Å²) in [5.74, 6) is 0. The van der Waals surface area contributed by atoms with Gasteiger partial charge >= 0.3 is 0 Å². The summed E-state index contributed by atoms with van der Waals surface area (Å²) < 4.78 is 25.6. The molecule has 0 saturated carbocycles. The third kappa shape index (κ3) is 3.29. The van der Waals surface area contributed by atoms with Crippen LogP contribution in [-0.2, 0) is 10.0 Å². The van der Waals surface area contributed by atoms with Gasteiger partial charge < -0.3 is 4.90 Å². The maximum atomic E-state index is 11.5. The molecule has 0 atom stereocenters. The fourth-order valence-corrected chi connectivity index (χ4v) is 2.89. The van der Waals surface area contributed by atoms with Crippen LogP contribution in [0, 0.1) is 0 Å². The van der Waals surface area contributed by atoms with Crippen LogP contribution in [0.15, 0.2) is 24.3 Å². The Balaban J connectivity index is 2.25. The number of piperidine rings is 1. The van der Waals surface area contributed by atoms with E-state index in [1.54, 1.807) is 6.07 Å². The summed E-state index contributed by atoms with van der Waals surface area (Å²) in [5.41, 5.74) is 1.55. The average Bonchev–Trinajstić information content (AvgIpc) is 2.40. The van der Waals surface area contributed by atoms with Gasteiger partial charge in [0, 0.05) is 13.1 Å². The first-order valence-electron chi connectivity index (χ1n) is 6.03. The summed E-state index contributed by atoms with van der Waals surface area (Å²) >= 11 is 5.42. The summed E-state index contributed by atoms with van der Waals surface area (Å²) in [6.45, 7) is 1.94. The summed E-state index contributed by atoms with van der Waals surface area (Å²) in [7, 11) is -3.44. The van der Waals surface area contributed by atoms with Crippen LogP contribution in [0.5, 0.6) is 0 Å². The van der Waals surface area contributed by atoms with Gasteiger partial charge in [0.15, 0.2) is 0 Å². The van der Waals surface area contributed by atoms with Crippen molar-refractivity contribution >= 4 is 33.0 Å². The van der Waals surface area contributed by atoms with Gasteiger partial charge in [-0.25, -0.2) is 8.42 Å². The van der Waals surface area contributed by atoms with E-state index in [1.165, 1.54) is 6.42 Å². The largest absolute Gasteiger partial charge is 0.370 e. The molecule has 0 aliphatic carbocycles. The molecule has 0 amide bonds. The molecule has 1 aliphatic rings. The highest BCUT2D eigenvalue weighted by atomic mass is 35.5. The predicted octanol–water partition coefficient (Wildman–Crippen LogP) is 2.61. The van der Waals surface area contributed by atoms with E-state index in [0.717, 1.165) is 31.6 Å². The molecule has 0 bridgehead atoms. The van der Waals surface area contributed by atoms with Crippen LogP contribution >= 0.6 is 11.6 Å². The molecule has 2 rings (SSSR count). The lowest BCUT2D eigenvalue weighted by molar-refractivity contribution is 0.578. The maximum absolute atomic E-state index is 11.5. The molecule has 0 spiro atoms. The van der Waals surface area contributed by atoms with E-state index in [4.69, 9.17) is 11.6 Å². The van der Waals surface area contributed by atoms with Gasteiger partial charge in [-0.05, 0) is 31.4 Å². The molecule has 1 saturated heterocycles. The molecule has 1 fully saturated rings. The van der Waals surface area contributed by atoms with E-state index in [0.29, 0.717) is 5.69 Å². The number of alkyl halides is 1. The first kappa shape index (κ1) is 13.5. The molecule has 6 heteroatoms. The highest BCUT2D eigenvalue weighted by Gasteiger charge is 2.17. The number of sulfonamides is 1. The first-order chi connectivity index (χ1) is 8.62. The molecule has 100 valence electrons. The molecule has 0 radical (unpaired) electrons. The Labute approximate surface area is 113 Å². The Morgan fingerprint density at radius 1 is 1.17 bits per heavy atom. The molecule has 1 N–H and O–H groups in total. The zero-order valence-corrected chi connectivity index (χ0v) is 11.7. The van der Waals surface area contributed by atoms with Crippen LogP contribution in [0.4, 0.5) is 11.4 Å². The normalized spacial score (nSPS) is 16.6. The lowest BCUT2D eigenvalue weighted by Crippen LogP contribution is -2.30. The Morgan fingerprint density at radius 3 is 2.50 bits per heavy atom. The van der Waals surface area contributed by atoms with Crippen LogP contribution in [0.3, 0.4) is 0 Å². The summed E-state index contributed by atoms with van der Waals surface area (Å²) in [4.78, 5) is 2.22. The second-order valence-corrected chi connectivity index (χ2v) is 6.70. The summed E-state index contributed by atoms with van der Waals surface area (Å²) in [5, 5.41) is -0.429. The van der Waals surface area contributed by atoms with E-state index in [2.05, 4.69) is 9.62 Å². The predicted molar refractivity (Wildman–Crippen MR) is 75.8 cm³/mol. The Morgan fingerprint density at radius 2 is 1.83 bits per heavy atom.